The lowest BCUT2D eigenvalue weighted by Gasteiger charge is -2.35. The molecule has 1 aromatic carbocycles. The van der Waals surface area contributed by atoms with Crippen LogP contribution in [-0.2, 0) is 11.2 Å². The van der Waals surface area contributed by atoms with Gasteiger partial charge in [-0.25, -0.2) is 0 Å². The minimum absolute atomic E-state index is 0.136. The van der Waals surface area contributed by atoms with Gasteiger partial charge in [0.05, 0.1) is 0 Å². The number of fused-ring (bicyclic) bond motifs is 2. The van der Waals surface area contributed by atoms with Crippen molar-refractivity contribution in [2.24, 2.45) is 0 Å². The van der Waals surface area contributed by atoms with E-state index in [9.17, 15) is 4.79 Å². The fraction of sp³-hybridized carbons (Fsp3) is 0.588. The van der Waals surface area contributed by atoms with Gasteiger partial charge in [0.1, 0.15) is 0 Å². The molecule has 3 heterocycles. The third-order valence-electron chi connectivity index (χ3n) is 5.19. The topological polar surface area (TPSA) is 44.4 Å². The van der Waals surface area contributed by atoms with Gasteiger partial charge < -0.3 is 15.5 Å². The van der Waals surface area contributed by atoms with Crippen molar-refractivity contribution in [1.29, 1.82) is 0 Å². The van der Waals surface area contributed by atoms with Gasteiger partial charge in [-0.2, -0.15) is 0 Å². The Morgan fingerprint density at radius 1 is 1.19 bits per heavy atom. The maximum absolute atomic E-state index is 11.4. The molecule has 0 radical (unpaired) electrons. The summed E-state index contributed by atoms with van der Waals surface area (Å²) in [5, 5.41) is 6.66. The average Bonchev–Trinajstić information content (AvgIpc) is 2.95. The lowest BCUT2D eigenvalue weighted by Crippen LogP contribution is -2.42. The average molecular weight is 285 g/mol. The first-order valence-corrected chi connectivity index (χ1v) is 8.21. The quantitative estimate of drug-likeness (QED) is 0.878. The Bertz CT molecular complexity index is 557. The first kappa shape index (κ1) is 13.1. The van der Waals surface area contributed by atoms with E-state index in [4.69, 9.17) is 0 Å². The van der Waals surface area contributed by atoms with Crippen LogP contribution in [0.1, 0.15) is 37.7 Å². The van der Waals surface area contributed by atoms with Gasteiger partial charge in [-0.05, 0) is 62.4 Å². The SMILES string of the molecule is O=C1CCc2cc(NC3CCN4CCCC4C3)ccc2N1. The van der Waals surface area contributed by atoms with Crippen LogP contribution in [0.5, 0.6) is 0 Å². The number of rotatable bonds is 2. The van der Waals surface area contributed by atoms with Gasteiger partial charge in [-0.15, -0.1) is 0 Å². The molecule has 4 rings (SSSR count). The molecule has 3 aliphatic heterocycles. The molecule has 2 fully saturated rings. The van der Waals surface area contributed by atoms with Crippen LogP contribution in [0.25, 0.3) is 0 Å². The maximum atomic E-state index is 11.4. The Kier molecular flexibility index (Phi) is 3.34. The van der Waals surface area contributed by atoms with E-state index in [0.29, 0.717) is 12.5 Å². The van der Waals surface area contributed by atoms with Crippen LogP contribution in [0, 0.1) is 0 Å². The van der Waals surface area contributed by atoms with Crippen molar-refractivity contribution in [3.05, 3.63) is 23.8 Å². The van der Waals surface area contributed by atoms with Gasteiger partial charge in [-0.3, -0.25) is 4.79 Å². The molecule has 0 spiro atoms. The predicted molar refractivity (Wildman–Crippen MR) is 84.6 cm³/mol. The summed E-state index contributed by atoms with van der Waals surface area (Å²) in [5.41, 5.74) is 3.46. The summed E-state index contributed by atoms with van der Waals surface area (Å²) in [7, 11) is 0. The van der Waals surface area contributed by atoms with Crippen molar-refractivity contribution in [2.45, 2.75) is 50.6 Å². The highest BCUT2D eigenvalue weighted by atomic mass is 16.1. The molecule has 3 aliphatic rings. The molecule has 2 atom stereocenters. The van der Waals surface area contributed by atoms with Gasteiger partial charge >= 0.3 is 0 Å². The first-order chi connectivity index (χ1) is 10.3. The van der Waals surface area contributed by atoms with E-state index in [0.717, 1.165) is 18.2 Å². The van der Waals surface area contributed by atoms with Gasteiger partial charge in [0.15, 0.2) is 0 Å². The Hall–Kier alpha value is -1.55. The van der Waals surface area contributed by atoms with Crippen LogP contribution < -0.4 is 10.6 Å². The fourth-order valence-corrected chi connectivity index (χ4v) is 4.06. The third-order valence-corrected chi connectivity index (χ3v) is 5.19. The number of piperidine rings is 1. The number of anilines is 2. The highest BCUT2D eigenvalue weighted by Gasteiger charge is 2.31. The predicted octanol–water partition coefficient (Wildman–Crippen LogP) is 2.61. The smallest absolute Gasteiger partial charge is 0.224 e. The monoisotopic (exact) mass is 285 g/mol. The summed E-state index contributed by atoms with van der Waals surface area (Å²) in [6.07, 6.45) is 6.72. The number of aryl methyl sites for hydroxylation is 1. The second-order valence-electron chi connectivity index (χ2n) is 6.62. The van der Waals surface area contributed by atoms with E-state index >= 15 is 0 Å². The largest absolute Gasteiger partial charge is 0.382 e. The molecule has 112 valence electrons. The number of amides is 1. The zero-order valence-corrected chi connectivity index (χ0v) is 12.4. The molecule has 2 unspecified atom stereocenters. The van der Waals surface area contributed by atoms with E-state index < -0.39 is 0 Å². The Morgan fingerprint density at radius 2 is 2.14 bits per heavy atom. The molecule has 4 nitrogen and oxygen atoms in total. The Morgan fingerprint density at radius 3 is 3.10 bits per heavy atom. The lowest BCUT2D eigenvalue weighted by molar-refractivity contribution is -0.116. The molecule has 2 N–H and O–H groups in total. The summed E-state index contributed by atoms with van der Waals surface area (Å²) in [6.45, 7) is 2.54. The number of nitrogens with one attached hydrogen (secondary N) is 2. The summed E-state index contributed by atoms with van der Waals surface area (Å²) >= 11 is 0. The van der Waals surface area contributed by atoms with E-state index in [1.165, 1.54) is 50.0 Å². The Labute approximate surface area is 125 Å². The van der Waals surface area contributed by atoms with Crippen LogP contribution in [0.2, 0.25) is 0 Å². The summed E-state index contributed by atoms with van der Waals surface area (Å²) in [5.74, 6) is 0.136. The number of benzene rings is 1. The second-order valence-corrected chi connectivity index (χ2v) is 6.62. The number of hydrogen-bond donors (Lipinski definition) is 2. The second kappa shape index (κ2) is 5.34. The number of carbonyl (C=O) groups excluding carboxylic acids is 1. The van der Waals surface area contributed by atoms with Crippen LogP contribution in [0.4, 0.5) is 11.4 Å². The molecule has 0 aromatic heterocycles. The molecule has 21 heavy (non-hydrogen) atoms. The third kappa shape index (κ3) is 2.64. The highest BCUT2D eigenvalue weighted by Crippen LogP contribution is 2.30. The first-order valence-electron chi connectivity index (χ1n) is 8.21. The molecule has 1 amide bonds. The standard InChI is InChI=1S/C17H23N3O/c21-17-6-3-12-10-13(4-5-16(12)19-17)18-14-7-9-20-8-1-2-15(20)11-14/h4-5,10,14-15,18H,1-3,6-9,11H2,(H,19,21). The molecule has 1 aromatic rings. The van der Waals surface area contributed by atoms with Gasteiger partial charge in [-0.1, -0.05) is 0 Å². The van der Waals surface area contributed by atoms with Gasteiger partial charge in [0, 0.05) is 36.4 Å². The van der Waals surface area contributed by atoms with Crippen molar-refractivity contribution >= 4 is 17.3 Å². The van der Waals surface area contributed by atoms with Gasteiger partial charge in [0.25, 0.3) is 0 Å². The highest BCUT2D eigenvalue weighted by molar-refractivity contribution is 5.94. The maximum Gasteiger partial charge on any atom is 0.224 e. The van der Waals surface area contributed by atoms with Crippen LogP contribution in [-0.4, -0.2) is 36.0 Å². The summed E-state index contributed by atoms with van der Waals surface area (Å²) < 4.78 is 0. The van der Waals surface area contributed by atoms with Crippen molar-refractivity contribution in [2.75, 3.05) is 23.7 Å². The van der Waals surface area contributed by atoms with E-state index in [1.54, 1.807) is 0 Å². The zero-order chi connectivity index (χ0) is 14.2. The van der Waals surface area contributed by atoms with Crippen LogP contribution in [0.3, 0.4) is 0 Å². The van der Waals surface area contributed by atoms with E-state index in [1.807, 2.05) is 6.07 Å². The molecule has 2 saturated heterocycles. The lowest BCUT2D eigenvalue weighted by atomic mass is 9.96. The van der Waals surface area contributed by atoms with Crippen molar-refractivity contribution in [3.63, 3.8) is 0 Å². The minimum atomic E-state index is 0.136. The summed E-state index contributed by atoms with van der Waals surface area (Å²) in [6, 6.07) is 7.76. The van der Waals surface area contributed by atoms with Crippen LogP contribution >= 0.6 is 0 Å². The molecule has 4 heteroatoms. The molecule has 0 bridgehead atoms. The van der Waals surface area contributed by atoms with Crippen LogP contribution in [0.15, 0.2) is 18.2 Å². The van der Waals surface area contributed by atoms with E-state index in [2.05, 4.69) is 27.7 Å². The number of hydrogen-bond acceptors (Lipinski definition) is 3. The molecular weight excluding hydrogens is 262 g/mol. The fourth-order valence-electron chi connectivity index (χ4n) is 4.06. The minimum Gasteiger partial charge on any atom is -0.382 e. The Balaban J connectivity index is 1.44. The van der Waals surface area contributed by atoms with Crippen molar-refractivity contribution in [1.82, 2.24) is 4.90 Å². The molecule has 0 saturated carbocycles. The normalized spacial score (nSPS) is 28.7. The van der Waals surface area contributed by atoms with Crippen molar-refractivity contribution < 1.29 is 4.79 Å². The van der Waals surface area contributed by atoms with Crippen molar-refractivity contribution in [3.8, 4) is 0 Å². The molecule has 0 aliphatic carbocycles. The molecular formula is C17H23N3O. The van der Waals surface area contributed by atoms with E-state index in [-0.39, 0.29) is 5.91 Å². The zero-order valence-electron chi connectivity index (χ0n) is 12.4. The van der Waals surface area contributed by atoms with Gasteiger partial charge in [0.2, 0.25) is 5.91 Å². The number of nitrogens with zero attached hydrogens (tertiary/aromatic N) is 1. The number of carbonyl (C=O) groups is 1. The summed E-state index contributed by atoms with van der Waals surface area (Å²) in [4.78, 5) is 14.1.